The van der Waals surface area contributed by atoms with Crippen LogP contribution in [0.4, 0.5) is 0 Å². The molecule has 160 valence electrons. The minimum atomic E-state index is -3.71. The molecular weight excluding hydrogens is 404 g/mol. The van der Waals surface area contributed by atoms with Crippen LogP contribution in [0.15, 0.2) is 73.7 Å². The van der Waals surface area contributed by atoms with Gasteiger partial charge in [-0.15, -0.1) is 0 Å². The Balaban J connectivity index is 1.70. The van der Waals surface area contributed by atoms with Gasteiger partial charge in [-0.05, 0) is 42.8 Å². The topological polar surface area (TPSA) is 114 Å². The van der Waals surface area contributed by atoms with Gasteiger partial charge in [-0.3, -0.25) is 0 Å². The first-order valence-electron chi connectivity index (χ1n) is 9.49. The summed E-state index contributed by atoms with van der Waals surface area (Å²) in [7, 11) is -1.75. The molecular formula is C21H26N4O4S. The Morgan fingerprint density at radius 2 is 1.90 bits per heavy atom. The molecule has 3 aromatic rings. The van der Waals surface area contributed by atoms with Crippen LogP contribution in [0.1, 0.15) is 22.6 Å². The molecule has 0 aliphatic carbocycles. The molecule has 0 aliphatic heterocycles. The highest BCUT2D eigenvalue weighted by Gasteiger charge is 2.11. The molecule has 0 saturated carbocycles. The molecule has 0 spiro atoms. The average molecular weight is 431 g/mol. The van der Waals surface area contributed by atoms with E-state index in [1.807, 2.05) is 37.1 Å². The number of aryl methyl sites for hydroxylation is 1. The Hall–Kier alpha value is -3.04. The van der Waals surface area contributed by atoms with Crippen LogP contribution in [0.25, 0.3) is 0 Å². The number of guanidine groups is 1. The zero-order valence-corrected chi connectivity index (χ0v) is 17.9. The molecule has 0 bridgehead atoms. The van der Waals surface area contributed by atoms with Gasteiger partial charge in [0.2, 0.25) is 10.0 Å². The zero-order chi connectivity index (χ0) is 21.6. The monoisotopic (exact) mass is 430 g/mol. The lowest BCUT2D eigenvalue weighted by Crippen LogP contribution is -2.39. The Morgan fingerprint density at radius 3 is 2.50 bits per heavy atom. The third-order valence-electron chi connectivity index (χ3n) is 4.63. The predicted octanol–water partition coefficient (Wildman–Crippen LogP) is 2.65. The van der Waals surface area contributed by atoms with Gasteiger partial charge in [0.1, 0.15) is 11.5 Å². The summed E-state index contributed by atoms with van der Waals surface area (Å²) in [6.07, 6.45) is 4.06. The number of hydrogen-bond donors (Lipinski definition) is 2. The first kappa shape index (κ1) is 21.7. The summed E-state index contributed by atoms with van der Waals surface area (Å²) in [5, 5.41) is 8.52. The molecule has 2 heterocycles. The number of benzene rings is 1. The van der Waals surface area contributed by atoms with Crippen LogP contribution < -0.4 is 10.5 Å². The van der Waals surface area contributed by atoms with Crippen molar-refractivity contribution in [3.05, 3.63) is 77.6 Å². The molecule has 3 rings (SSSR count). The Labute approximate surface area is 176 Å². The van der Waals surface area contributed by atoms with Gasteiger partial charge in [-0.2, -0.15) is 0 Å². The highest BCUT2D eigenvalue weighted by Crippen LogP contribution is 2.13. The number of sulfonamides is 1. The largest absolute Gasteiger partial charge is 0.469 e. The second-order valence-corrected chi connectivity index (χ2v) is 8.50. The van der Waals surface area contributed by atoms with E-state index in [1.165, 1.54) is 12.1 Å². The number of nitrogens with zero attached hydrogens (tertiary/aromatic N) is 2. The number of rotatable bonds is 8. The molecule has 0 amide bonds. The fourth-order valence-electron chi connectivity index (χ4n) is 2.92. The SMILES string of the molecule is Cc1occc1CN(C)C(=NCc1ccc(S(N)(=O)=O)cc1)NCCc1ccco1. The van der Waals surface area contributed by atoms with Gasteiger partial charge in [0.15, 0.2) is 5.96 Å². The zero-order valence-electron chi connectivity index (χ0n) is 17.0. The van der Waals surface area contributed by atoms with Crippen molar-refractivity contribution in [3.8, 4) is 0 Å². The van der Waals surface area contributed by atoms with E-state index in [9.17, 15) is 8.42 Å². The number of furan rings is 2. The Kier molecular flexibility index (Phi) is 6.96. The van der Waals surface area contributed by atoms with E-state index >= 15 is 0 Å². The van der Waals surface area contributed by atoms with Crippen LogP contribution in [0, 0.1) is 6.92 Å². The van der Waals surface area contributed by atoms with Crippen molar-refractivity contribution in [2.24, 2.45) is 10.1 Å². The van der Waals surface area contributed by atoms with Gasteiger partial charge in [-0.25, -0.2) is 18.5 Å². The second-order valence-electron chi connectivity index (χ2n) is 6.94. The summed E-state index contributed by atoms with van der Waals surface area (Å²) >= 11 is 0. The lowest BCUT2D eigenvalue weighted by molar-refractivity contribution is 0.458. The Morgan fingerprint density at radius 1 is 1.13 bits per heavy atom. The van der Waals surface area contributed by atoms with E-state index in [2.05, 4.69) is 5.32 Å². The van der Waals surface area contributed by atoms with Crippen molar-refractivity contribution >= 4 is 16.0 Å². The Bertz CT molecular complexity index is 1070. The van der Waals surface area contributed by atoms with E-state index in [-0.39, 0.29) is 4.90 Å². The molecule has 0 unspecified atom stereocenters. The first-order valence-corrected chi connectivity index (χ1v) is 11.0. The summed E-state index contributed by atoms with van der Waals surface area (Å²) in [4.78, 5) is 6.80. The van der Waals surface area contributed by atoms with E-state index < -0.39 is 10.0 Å². The van der Waals surface area contributed by atoms with Crippen molar-refractivity contribution in [2.75, 3.05) is 13.6 Å². The molecule has 0 atom stereocenters. The smallest absolute Gasteiger partial charge is 0.238 e. The van der Waals surface area contributed by atoms with Crippen molar-refractivity contribution in [3.63, 3.8) is 0 Å². The minimum Gasteiger partial charge on any atom is -0.469 e. The standard InChI is InChI=1S/C21H26N4O4S/c1-16-18(10-13-28-16)15-25(2)21(23-11-9-19-4-3-12-29-19)24-14-17-5-7-20(8-6-17)30(22,26)27/h3-8,10,12-13H,9,11,14-15H2,1-2H3,(H,23,24)(H2,22,26,27). The second kappa shape index (κ2) is 9.64. The number of nitrogens with two attached hydrogens (primary N) is 1. The van der Waals surface area contributed by atoms with Gasteiger partial charge in [0.05, 0.1) is 24.0 Å². The lowest BCUT2D eigenvalue weighted by Gasteiger charge is -2.22. The number of aliphatic imine (C=N–C) groups is 1. The molecule has 2 aromatic heterocycles. The lowest BCUT2D eigenvalue weighted by atomic mass is 10.2. The fourth-order valence-corrected chi connectivity index (χ4v) is 3.44. The number of primary sulfonamides is 1. The van der Waals surface area contributed by atoms with E-state index in [0.29, 0.717) is 19.6 Å². The predicted molar refractivity (Wildman–Crippen MR) is 114 cm³/mol. The first-order chi connectivity index (χ1) is 14.3. The normalized spacial score (nSPS) is 12.2. The van der Waals surface area contributed by atoms with Gasteiger partial charge in [0.25, 0.3) is 0 Å². The summed E-state index contributed by atoms with van der Waals surface area (Å²) in [6.45, 7) is 3.62. The molecule has 0 aliphatic rings. The minimum absolute atomic E-state index is 0.0829. The molecule has 1 aromatic carbocycles. The maximum Gasteiger partial charge on any atom is 0.238 e. The number of hydrogen-bond acceptors (Lipinski definition) is 5. The molecule has 30 heavy (non-hydrogen) atoms. The van der Waals surface area contributed by atoms with Gasteiger partial charge in [0, 0.05) is 32.1 Å². The third kappa shape index (κ3) is 5.98. The molecule has 9 heteroatoms. The maximum absolute atomic E-state index is 11.4. The van der Waals surface area contributed by atoms with Crippen LogP contribution in [0.2, 0.25) is 0 Å². The van der Waals surface area contributed by atoms with Crippen molar-refractivity contribution < 1.29 is 17.3 Å². The van der Waals surface area contributed by atoms with Crippen LogP contribution in [-0.2, 0) is 29.5 Å². The molecule has 0 radical (unpaired) electrons. The molecule has 0 saturated heterocycles. The van der Waals surface area contributed by atoms with E-state index in [4.69, 9.17) is 19.0 Å². The fraction of sp³-hybridized carbons (Fsp3) is 0.286. The van der Waals surface area contributed by atoms with Crippen LogP contribution in [-0.4, -0.2) is 32.9 Å². The van der Waals surface area contributed by atoms with Crippen LogP contribution >= 0.6 is 0 Å². The quantitative estimate of drug-likeness (QED) is 0.419. The van der Waals surface area contributed by atoms with Gasteiger partial charge < -0.3 is 19.1 Å². The van der Waals surface area contributed by atoms with Crippen LogP contribution in [0.5, 0.6) is 0 Å². The van der Waals surface area contributed by atoms with Crippen molar-refractivity contribution in [2.45, 2.75) is 31.3 Å². The summed E-state index contributed by atoms with van der Waals surface area (Å²) in [6, 6.07) is 12.1. The summed E-state index contributed by atoms with van der Waals surface area (Å²) < 4.78 is 33.6. The summed E-state index contributed by atoms with van der Waals surface area (Å²) in [5.74, 6) is 2.49. The van der Waals surface area contributed by atoms with E-state index in [0.717, 1.165) is 35.0 Å². The molecule has 3 N–H and O–H groups in total. The molecule has 8 nitrogen and oxygen atoms in total. The van der Waals surface area contributed by atoms with E-state index in [1.54, 1.807) is 24.7 Å². The van der Waals surface area contributed by atoms with Gasteiger partial charge >= 0.3 is 0 Å². The highest BCUT2D eigenvalue weighted by molar-refractivity contribution is 7.89. The summed E-state index contributed by atoms with van der Waals surface area (Å²) in [5.41, 5.74) is 1.95. The highest BCUT2D eigenvalue weighted by atomic mass is 32.2. The maximum atomic E-state index is 11.4. The van der Waals surface area contributed by atoms with Crippen LogP contribution in [0.3, 0.4) is 0 Å². The number of nitrogens with one attached hydrogen (secondary N) is 1. The van der Waals surface area contributed by atoms with Gasteiger partial charge in [-0.1, -0.05) is 12.1 Å². The van der Waals surface area contributed by atoms with Crippen molar-refractivity contribution in [1.29, 1.82) is 0 Å². The third-order valence-corrected chi connectivity index (χ3v) is 5.56. The average Bonchev–Trinajstić information content (AvgIpc) is 3.36. The molecule has 0 fully saturated rings. The van der Waals surface area contributed by atoms with Crippen molar-refractivity contribution in [1.82, 2.24) is 10.2 Å².